The minimum atomic E-state index is -0.101. The maximum absolute atomic E-state index is 12.9. The van der Waals surface area contributed by atoms with Gasteiger partial charge in [0.2, 0.25) is 5.91 Å². The van der Waals surface area contributed by atoms with E-state index in [1.165, 1.54) is 0 Å². The van der Waals surface area contributed by atoms with Gasteiger partial charge in [-0.2, -0.15) is 0 Å². The van der Waals surface area contributed by atoms with E-state index >= 15 is 0 Å². The highest BCUT2D eigenvalue weighted by Gasteiger charge is 2.43. The molecule has 0 unspecified atom stereocenters. The van der Waals surface area contributed by atoms with Crippen LogP contribution < -0.4 is 4.90 Å². The number of piperidine rings is 1. The standard InChI is InChI=1S/C26H41N3O3/c1-27(2)21-6-4-20(5-7-21)16-25(31)29-14-12-26(13-15-29)17-24(32-19-26)18-28(3)22-8-10-23(30)11-9-22/h4-7,22-24,30H,8-19H2,1-3H3/t22?,23?,24-/m0/s1. The number of amides is 1. The zero-order valence-corrected chi connectivity index (χ0v) is 20.1. The van der Waals surface area contributed by atoms with Crippen LogP contribution in [0.15, 0.2) is 24.3 Å². The molecule has 6 nitrogen and oxygen atoms in total. The summed E-state index contributed by atoms with van der Waals surface area (Å²) in [4.78, 5) is 19.4. The molecule has 0 aromatic heterocycles. The first-order chi connectivity index (χ1) is 15.3. The lowest BCUT2D eigenvalue weighted by Crippen LogP contribution is -2.44. The van der Waals surface area contributed by atoms with E-state index in [1.807, 2.05) is 14.1 Å². The molecule has 32 heavy (non-hydrogen) atoms. The summed E-state index contributed by atoms with van der Waals surface area (Å²) in [5.74, 6) is 0.243. The highest BCUT2D eigenvalue weighted by molar-refractivity contribution is 5.79. The van der Waals surface area contributed by atoms with Gasteiger partial charge in [0.15, 0.2) is 0 Å². The first kappa shape index (κ1) is 23.5. The van der Waals surface area contributed by atoms with Gasteiger partial charge in [-0.25, -0.2) is 0 Å². The first-order valence-electron chi connectivity index (χ1n) is 12.4. The number of benzene rings is 1. The number of aliphatic hydroxyl groups is 1. The fourth-order valence-electron chi connectivity index (χ4n) is 5.76. The molecule has 3 fully saturated rings. The Labute approximate surface area is 193 Å². The Morgan fingerprint density at radius 1 is 1.09 bits per heavy atom. The van der Waals surface area contributed by atoms with Crippen LogP contribution in [0.2, 0.25) is 0 Å². The summed E-state index contributed by atoms with van der Waals surface area (Å²) in [5, 5.41) is 9.76. The van der Waals surface area contributed by atoms with E-state index < -0.39 is 0 Å². The van der Waals surface area contributed by atoms with Crippen LogP contribution in [0.1, 0.15) is 50.5 Å². The normalized spacial score (nSPS) is 27.8. The molecule has 1 spiro atoms. The maximum atomic E-state index is 12.9. The second kappa shape index (κ2) is 10.1. The van der Waals surface area contributed by atoms with E-state index in [9.17, 15) is 9.90 Å². The molecule has 4 rings (SSSR count). The largest absolute Gasteiger partial charge is 0.393 e. The number of likely N-dealkylation sites (tertiary alicyclic amines) is 1. The Hall–Kier alpha value is -1.63. The van der Waals surface area contributed by atoms with Gasteiger partial charge in [-0.05, 0) is 75.1 Å². The van der Waals surface area contributed by atoms with Gasteiger partial charge < -0.3 is 24.5 Å². The van der Waals surface area contributed by atoms with Crippen LogP contribution in [-0.4, -0.2) is 86.4 Å². The zero-order chi connectivity index (χ0) is 22.7. The highest BCUT2D eigenvalue weighted by Crippen LogP contribution is 2.42. The zero-order valence-electron chi connectivity index (χ0n) is 20.1. The van der Waals surface area contributed by atoms with Crippen molar-refractivity contribution in [1.82, 2.24) is 9.80 Å². The van der Waals surface area contributed by atoms with Gasteiger partial charge in [0, 0.05) is 45.5 Å². The summed E-state index contributed by atoms with van der Waals surface area (Å²) in [6.45, 7) is 3.51. The molecule has 1 aromatic rings. The molecule has 178 valence electrons. The minimum absolute atomic E-state index is 0.101. The van der Waals surface area contributed by atoms with Crippen LogP contribution in [0.4, 0.5) is 5.69 Å². The van der Waals surface area contributed by atoms with Gasteiger partial charge in [-0.3, -0.25) is 4.79 Å². The van der Waals surface area contributed by atoms with E-state index in [4.69, 9.17) is 4.74 Å². The van der Waals surface area contributed by atoms with E-state index in [1.54, 1.807) is 0 Å². The number of aliphatic hydroxyl groups excluding tert-OH is 1. The average Bonchev–Trinajstić information content (AvgIpc) is 3.16. The fourth-order valence-corrected chi connectivity index (χ4v) is 5.76. The van der Waals surface area contributed by atoms with Gasteiger partial charge in [0.05, 0.1) is 25.2 Å². The summed E-state index contributed by atoms with van der Waals surface area (Å²) in [6, 6.07) is 8.87. The molecule has 2 aliphatic heterocycles. The molecular formula is C26H41N3O3. The Morgan fingerprint density at radius 2 is 1.75 bits per heavy atom. The molecule has 1 aliphatic carbocycles. The van der Waals surface area contributed by atoms with E-state index in [0.29, 0.717) is 18.6 Å². The quantitative estimate of drug-likeness (QED) is 0.733. The van der Waals surface area contributed by atoms with Crippen molar-refractivity contribution in [3.63, 3.8) is 0 Å². The summed E-state index contributed by atoms with van der Waals surface area (Å²) < 4.78 is 6.25. The third-order valence-corrected chi connectivity index (χ3v) is 8.05. The number of likely N-dealkylation sites (N-methyl/N-ethyl adjacent to an activating group) is 1. The van der Waals surface area contributed by atoms with Gasteiger partial charge in [0.1, 0.15) is 0 Å². The van der Waals surface area contributed by atoms with Gasteiger partial charge >= 0.3 is 0 Å². The van der Waals surface area contributed by atoms with E-state index in [2.05, 4.69) is 46.0 Å². The van der Waals surface area contributed by atoms with Crippen molar-refractivity contribution in [3.05, 3.63) is 29.8 Å². The second-order valence-electron chi connectivity index (χ2n) is 10.7. The van der Waals surface area contributed by atoms with Crippen molar-refractivity contribution >= 4 is 11.6 Å². The van der Waals surface area contributed by atoms with Crippen molar-refractivity contribution in [2.75, 3.05) is 52.3 Å². The molecular weight excluding hydrogens is 402 g/mol. The van der Waals surface area contributed by atoms with Crippen LogP contribution in [0.25, 0.3) is 0 Å². The Bertz CT molecular complexity index is 750. The number of ether oxygens (including phenoxy) is 1. The molecule has 1 amide bonds. The second-order valence-corrected chi connectivity index (χ2v) is 10.7. The lowest BCUT2D eigenvalue weighted by atomic mass is 9.76. The number of anilines is 1. The average molecular weight is 444 g/mol. The molecule has 2 heterocycles. The van der Waals surface area contributed by atoms with Gasteiger partial charge in [0.25, 0.3) is 0 Å². The molecule has 3 aliphatic rings. The topological polar surface area (TPSA) is 56.2 Å². The van der Waals surface area contributed by atoms with E-state index in [-0.39, 0.29) is 17.4 Å². The molecule has 1 N–H and O–H groups in total. The number of nitrogens with zero attached hydrogens (tertiary/aromatic N) is 3. The lowest BCUT2D eigenvalue weighted by molar-refractivity contribution is -0.132. The van der Waals surface area contributed by atoms with Crippen molar-refractivity contribution in [2.24, 2.45) is 5.41 Å². The monoisotopic (exact) mass is 443 g/mol. The number of hydrogen-bond acceptors (Lipinski definition) is 5. The summed E-state index contributed by atoms with van der Waals surface area (Å²) in [7, 11) is 6.27. The molecule has 6 heteroatoms. The van der Waals surface area contributed by atoms with Crippen molar-refractivity contribution in [1.29, 1.82) is 0 Å². The van der Waals surface area contributed by atoms with Crippen molar-refractivity contribution < 1.29 is 14.6 Å². The number of rotatable bonds is 6. The fraction of sp³-hybridized carbons (Fsp3) is 0.731. The number of carbonyl (C=O) groups is 1. The minimum Gasteiger partial charge on any atom is -0.393 e. The lowest BCUT2D eigenvalue weighted by Gasteiger charge is -2.39. The first-order valence-corrected chi connectivity index (χ1v) is 12.4. The van der Waals surface area contributed by atoms with Gasteiger partial charge in [-0.15, -0.1) is 0 Å². The van der Waals surface area contributed by atoms with Crippen LogP contribution in [0, 0.1) is 5.41 Å². The number of hydrogen-bond donors (Lipinski definition) is 1. The van der Waals surface area contributed by atoms with Gasteiger partial charge in [-0.1, -0.05) is 12.1 Å². The van der Waals surface area contributed by atoms with Crippen LogP contribution in [-0.2, 0) is 16.0 Å². The molecule has 0 bridgehead atoms. The third-order valence-electron chi connectivity index (χ3n) is 8.05. The summed E-state index contributed by atoms with van der Waals surface area (Å²) in [6.07, 6.45) is 7.92. The third kappa shape index (κ3) is 5.64. The SMILES string of the molecule is CN(C)c1ccc(CC(=O)N2CCC3(CC2)CO[C@H](CN(C)C2CCC(O)CC2)C3)cc1. The molecule has 1 atom stereocenters. The number of carbonyl (C=O) groups excluding carboxylic acids is 1. The highest BCUT2D eigenvalue weighted by atomic mass is 16.5. The molecule has 1 aromatic carbocycles. The molecule has 0 radical (unpaired) electrons. The van der Waals surface area contributed by atoms with Crippen molar-refractivity contribution in [2.45, 2.75) is 69.6 Å². The Kier molecular flexibility index (Phi) is 7.43. The molecule has 2 saturated heterocycles. The predicted octanol–water partition coefficient (Wildman–Crippen LogP) is 2.93. The van der Waals surface area contributed by atoms with Crippen LogP contribution in [0.5, 0.6) is 0 Å². The van der Waals surface area contributed by atoms with E-state index in [0.717, 1.165) is 82.4 Å². The molecule has 1 saturated carbocycles. The Balaban J connectivity index is 1.22. The predicted molar refractivity (Wildman–Crippen MR) is 128 cm³/mol. The maximum Gasteiger partial charge on any atom is 0.226 e. The van der Waals surface area contributed by atoms with Crippen LogP contribution >= 0.6 is 0 Å². The summed E-state index contributed by atoms with van der Waals surface area (Å²) in [5.41, 5.74) is 2.49. The smallest absolute Gasteiger partial charge is 0.226 e. The Morgan fingerprint density at radius 3 is 2.38 bits per heavy atom. The van der Waals surface area contributed by atoms with Crippen molar-refractivity contribution in [3.8, 4) is 0 Å². The summed E-state index contributed by atoms with van der Waals surface area (Å²) >= 11 is 0. The van der Waals surface area contributed by atoms with Crippen LogP contribution in [0.3, 0.4) is 0 Å².